The van der Waals surface area contributed by atoms with Crippen LogP contribution in [-0.2, 0) is 0 Å². The molecule has 2 heterocycles. The van der Waals surface area contributed by atoms with Crippen molar-refractivity contribution in [2.45, 2.75) is 26.7 Å². The number of rotatable bonds is 10. The number of benzene rings is 1. The molecule has 8 heteroatoms. The van der Waals surface area contributed by atoms with Gasteiger partial charge in [-0.05, 0) is 37.6 Å². The van der Waals surface area contributed by atoms with E-state index in [-0.39, 0.29) is 5.91 Å². The van der Waals surface area contributed by atoms with Gasteiger partial charge in [-0.2, -0.15) is 0 Å². The summed E-state index contributed by atoms with van der Waals surface area (Å²) in [5.41, 5.74) is 0.604. The van der Waals surface area contributed by atoms with Crippen molar-refractivity contribution in [2.75, 3.05) is 25.0 Å². The molecular weight excluding hydrogens is 368 g/mol. The third-order valence-corrected chi connectivity index (χ3v) is 4.33. The van der Waals surface area contributed by atoms with Crippen LogP contribution in [0.4, 0.5) is 5.82 Å². The predicted molar refractivity (Wildman–Crippen MR) is 112 cm³/mol. The summed E-state index contributed by atoms with van der Waals surface area (Å²) in [6, 6.07) is 9.03. The van der Waals surface area contributed by atoms with Crippen LogP contribution >= 0.6 is 0 Å². The number of aryl methyl sites for hydroxylation is 1. The standard InChI is InChI=1S/C21H26N6O2/c1-3-4-13-29-18-7-5-17(6-8-18)21(28)24-10-9-23-19-14-20(26-15-25-19)27-12-11-22-16(27)2/h5-8,11-12,14-15H,3-4,9-10,13H2,1-2H3,(H,24,28)(H,23,25,26). The van der Waals surface area contributed by atoms with Gasteiger partial charge in [0, 0.05) is 37.1 Å². The van der Waals surface area contributed by atoms with Gasteiger partial charge in [0.1, 0.15) is 29.5 Å². The van der Waals surface area contributed by atoms with Gasteiger partial charge < -0.3 is 15.4 Å². The number of nitrogens with one attached hydrogen (secondary N) is 2. The summed E-state index contributed by atoms with van der Waals surface area (Å²) < 4.78 is 7.49. The van der Waals surface area contributed by atoms with E-state index < -0.39 is 0 Å². The Labute approximate surface area is 170 Å². The Morgan fingerprint density at radius 3 is 2.69 bits per heavy atom. The number of imidazole rings is 1. The lowest BCUT2D eigenvalue weighted by molar-refractivity contribution is 0.0955. The summed E-state index contributed by atoms with van der Waals surface area (Å²) in [6.07, 6.45) is 7.19. The number of anilines is 1. The predicted octanol–water partition coefficient (Wildman–Crippen LogP) is 2.99. The number of hydrogen-bond donors (Lipinski definition) is 2. The fraction of sp³-hybridized carbons (Fsp3) is 0.333. The van der Waals surface area contributed by atoms with E-state index in [4.69, 9.17) is 4.74 Å². The zero-order valence-electron chi connectivity index (χ0n) is 16.8. The third kappa shape index (κ3) is 5.78. The number of ether oxygens (including phenoxy) is 1. The van der Waals surface area contributed by atoms with Crippen molar-refractivity contribution in [1.29, 1.82) is 0 Å². The normalized spacial score (nSPS) is 10.6. The first-order valence-electron chi connectivity index (χ1n) is 9.74. The number of unbranched alkanes of at least 4 members (excludes halogenated alkanes) is 1. The summed E-state index contributed by atoms with van der Waals surface area (Å²) in [5, 5.41) is 6.08. The Bertz CT molecular complexity index is 923. The molecule has 0 unspecified atom stereocenters. The lowest BCUT2D eigenvalue weighted by Crippen LogP contribution is -2.28. The number of amides is 1. The van der Waals surface area contributed by atoms with Gasteiger partial charge in [0.25, 0.3) is 5.91 Å². The molecule has 1 aromatic carbocycles. The smallest absolute Gasteiger partial charge is 0.251 e. The number of carbonyl (C=O) groups excluding carboxylic acids is 1. The summed E-state index contributed by atoms with van der Waals surface area (Å²) in [7, 11) is 0. The van der Waals surface area contributed by atoms with Crippen molar-refractivity contribution in [2.24, 2.45) is 0 Å². The van der Waals surface area contributed by atoms with Gasteiger partial charge in [-0.1, -0.05) is 13.3 Å². The minimum Gasteiger partial charge on any atom is -0.494 e. The highest BCUT2D eigenvalue weighted by atomic mass is 16.5. The molecule has 0 fully saturated rings. The number of hydrogen-bond acceptors (Lipinski definition) is 6. The molecule has 2 aromatic heterocycles. The molecular formula is C21H26N6O2. The van der Waals surface area contributed by atoms with Gasteiger partial charge in [0.2, 0.25) is 0 Å². The maximum absolute atomic E-state index is 12.3. The minimum absolute atomic E-state index is 0.121. The van der Waals surface area contributed by atoms with Crippen molar-refractivity contribution in [3.05, 3.63) is 60.4 Å². The van der Waals surface area contributed by atoms with E-state index >= 15 is 0 Å². The molecule has 0 spiro atoms. The van der Waals surface area contributed by atoms with Crippen molar-refractivity contribution < 1.29 is 9.53 Å². The third-order valence-electron chi connectivity index (χ3n) is 4.33. The van der Waals surface area contributed by atoms with E-state index in [9.17, 15) is 4.79 Å². The molecule has 8 nitrogen and oxygen atoms in total. The Kier molecular flexibility index (Phi) is 7.16. The highest BCUT2D eigenvalue weighted by Gasteiger charge is 2.06. The first-order valence-corrected chi connectivity index (χ1v) is 9.74. The maximum atomic E-state index is 12.3. The summed E-state index contributed by atoms with van der Waals surface area (Å²) >= 11 is 0. The molecule has 0 aliphatic carbocycles. The summed E-state index contributed by atoms with van der Waals surface area (Å²) in [6.45, 7) is 5.74. The van der Waals surface area contributed by atoms with Crippen LogP contribution in [0.25, 0.3) is 5.82 Å². The second-order valence-electron chi connectivity index (χ2n) is 6.51. The van der Waals surface area contributed by atoms with Gasteiger partial charge >= 0.3 is 0 Å². The lowest BCUT2D eigenvalue weighted by Gasteiger charge is -2.10. The first kappa shape index (κ1) is 20.3. The van der Waals surface area contributed by atoms with Crippen molar-refractivity contribution in [1.82, 2.24) is 24.8 Å². The van der Waals surface area contributed by atoms with E-state index in [1.54, 1.807) is 18.3 Å². The summed E-state index contributed by atoms with van der Waals surface area (Å²) in [4.78, 5) is 24.9. The molecule has 0 saturated carbocycles. The SMILES string of the molecule is CCCCOc1ccc(C(=O)NCCNc2cc(-n3ccnc3C)ncn2)cc1. The van der Waals surface area contributed by atoms with E-state index in [0.717, 1.165) is 30.2 Å². The van der Waals surface area contributed by atoms with Crippen LogP contribution in [-0.4, -0.2) is 45.1 Å². The fourth-order valence-electron chi connectivity index (χ4n) is 2.70. The highest BCUT2D eigenvalue weighted by molar-refractivity contribution is 5.94. The Morgan fingerprint density at radius 2 is 1.97 bits per heavy atom. The van der Waals surface area contributed by atoms with Gasteiger partial charge in [-0.25, -0.2) is 15.0 Å². The van der Waals surface area contributed by atoms with Crippen LogP contribution in [0.5, 0.6) is 5.75 Å². The second kappa shape index (κ2) is 10.2. The molecule has 0 aliphatic heterocycles. The van der Waals surface area contributed by atoms with Gasteiger partial charge in [0.15, 0.2) is 0 Å². The van der Waals surface area contributed by atoms with Crippen LogP contribution < -0.4 is 15.4 Å². The molecule has 1 amide bonds. The van der Waals surface area contributed by atoms with E-state index in [0.29, 0.717) is 31.1 Å². The van der Waals surface area contributed by atoms with Gasteiger partial charge in [-0.3, -0.25) is 9.36 Å². The van der Waals surface area contributed by atoms with E-state index in [2.05, 4.69) is 32.5 Å². The second-order valence-corrected chi connectivity index (χ2v) is 6.51. The lowest BCUT2D eigenvalue weighted by atomic mass is 10.2. The molecule has 0 atom stereocenters. The molecule has 3 aromatic rings. The van der Waals surface area contributed by atoms with Gasteiger partial charge in [0.05, 0.1) is 6.61 Å². The average molecular weight is 394 g/mol. The first-order chi connectivity index (χ1) is 14.2. The Balaban J connectivity index is 1.44. The molecule has 0 bridgehead atoms. The summed E-state index contributed by atoms with van der Waals surface area (Å²) in [5.74, 6) is 2.94. The Hall–Kier alpha value is -3.42. The number of nitrogens with zero attached hydrogens (tertiary/aromatic N) is 4. The molecule has 29 heavy (non-hydrogen) atoms. The van der Waals surface area contributed by atoms with Crippen molar-refractivity contribution in [3.63, 3.8) is 0 Å². The number of carbonyl (C=O) groups is 1. The molecule has 3 rings (SSSR count). The van der Waals surface area contributed by atoms with Crippen LogP contribution in [0.1, 0.15) is 35.9 Å². The number of aromatic nitrogens is 4. The highest BCUT2D eigenvalue weighted by Crippen LogP contribution is 2.13. The van der Waals surface area contributed by atoms with Crippen molar-refractivity contribution in [3.8, 4) is 11.6 Å². The molecule has 152 valence electrons. The van der Waals surface area contributed by atoms with Crippen LogP contribution in [0.3, 0.4) is 0 Å². The molecule has 2 N–H and O–H groups in total. The quantitative estimate of drug-likeness (QED) is 0.514. The van der Waals surface area contributed by atoms with Crippen LogP contribution in [0.2, 0.25) is 0 Å². The molecule has 0 saturated heterocycles. The van der Waals surface area contributed by atoms with Crippen LogP contribution in [0, 0.1) is 6.92 Å². The zero-order valence-corrected chi connectivity index (χ0v) is 16.8. The molecule has 0 radical (unpaired) electrons. The fourth-order valence-corrected chi connectivity index (χ4v) is 2.70. The minimum atomic E-state index is -0.121. The van der Waals surface area contributed by atoms with Crippen LogP contribution in [0.15, 0.2) is 49.1 Å². The largest absolute Gasteiger partial charge is 0.494 e. The monoisotopic (exact) mass is 394 g/mol. The van der Waals surface area contributed by atoms with E-state index in [1.807, 2.05) is 35.9 Å². The zero-order chi connectivity index (χ0) is 20.5. The van der Waals surface area contributed by atoms with E-state index in [1.165, 1.54) is 6.33 Å². The average Bonchev–Trinajstić information content (AvgIpc) is 3.18. The van der Waals surface area contributed by atoms with Gasteiger partial charge in [-0.15, -0.1) is 0 Å². The maximum Gasteiger partial charge on any atom is 0.251 e. The Morgan fingerprint density at radius 1 is 1.14 bits per heavy atom. The molecule has 0 aliphatic rings. The van der Waals surface area contributed by atoms with Crippen molar-refractivity contribution >= 4 is 11.7 Å². The topological polar surface area (TPSA) is 94.0 Å².